The molecule has 4 aromatic rings. The third-order valence-electron chi connectivity index (χ3n) is 6.16. The van der Waals surface area contributed by atoms with E-state index in [1.807, 2.05) is 51.2 Å². The number of fused-ring (bicyclic) bond motifs is 1. The van der Waals surface area contributed by atoms with E-state index in [0.717, 1.165) is 16.3 Å². The van der Waals surface area contributed by atoms with Gasteiger partial charge in [0, 0.05) is 29.8 Å². The summed E-state index contributed by atoms with van der Waals surface area (Å²) in [5.41, 5.74) is 3.30. The number of thiazole rings is 1. The van der Waals surface area contributed by atoms with Crippen LogP contribution >= 0.6 is 11.3 Å². The highest BCUT2D eigenvalue weighted by Crippen LogP contribution is 2.31. The first kappa shape index (κ1) is 31.6. The van der Waals surface area contributed by atoms with Gasteiger partial charge in [0.1, 0.15) is 17.1 Å². The molecular weight excluding hydrogens is 539 g/mol. The zero-order valence-electron chi connectivity index (χ0n) is 23.7. The minimum Gasteiger partial charge on any atom is -0.349 e. The van der Waals surface area contributed by atoms with Gasteiger partial charge < -0.3 is 20.7 Å². The molecule has 0 aliphatic heterocycles. The molecule has 41 heavy (non-hydrogen) atoms. The van der Waals surface area contributed by atoms with Crippen LogP contribution in [-0.2, 0) is 27.2 Å². The van der Waals surface area contributed by atoms with Gasteiger partial charge in [0.25, 0.3) is 0 Å². The van der Waals surface area contributed by atoms with Crippen molar-refractivity contribution >= 4 is 45.3 Å². The fraction of sp³-hybridized carbons (Fsp3) is 0.312. The maximum atomic E-state index is 14.8. The van der Waals surface area contributed by atoms with Gasteiger partial charge in [-0.25, -0.2) is 9.37 Å². The molecule has 5 rings (SSSR count). The van der Waals surface area contributed by atoms with E-state index in [0.29, 0.717) is 46.5 Å². The normalized spacial score (nSPS) is 11.9. The predicted octanol–water partition coefficient (Wildman–Crippen LogP) is 5.93. The molecule has 0 unspecified atom stereocenters. The Kier molecular flexibility index (Phi) is 12.6. The maximum Gasteiger partial charge on any atom is 0.227 e. The van der Waals surface area contributed by atoms with Gasteiger partial charge in [-0.3, -0.25) is 9.59 Å². The first-order chi connectivity index (χ1) is 19.9. The lowest BCUT2D eigenvalue weighted by molar-refractivity contribution is -0.121. The van der Waals surface area contributed by atoms with Gasteiger partial charge in [-0.1, -0.05) is 56.3 Å². The van der Waals surface area contributed by atoms with Crippen LogP contribution < -0.4 is 16.0 Å². The SMILES string of the molecule is CC.CNC1CC1.O=CCNC(=O)Cc1nc2cc(F)c(-c3ccc(NC(=O)CCc4ccccc4)cc3)cc2s1. The summed E-state index contributed by atoms with van der Waals surface area (Å²) in [7, 11) is 2.01. The monoisotopic (exact) mass is 576 g/mol. The Labute approximate surface area is 244 Å². The third kappa shape index (κ3) is 10.2. The lowest BCUT2D eigenvalue weighted by atomic mass is 10.0. The number of amides is 2. The number of hydrogen-bond donors (Lipinski definition) is 3. The molecule has 0 radical (unpaired) electrons. The molecule has 1 aliphatic carbocycles. The molecular formula is C32H37FN4O3S. The van der Waals surface area contributed by atoms with Crippen LogP contribution in [0.3, 0.4) is 0 Å². The van der Waals surface area contributed by atoms with Gasteiger partial charge in [-0.2, -0.15) is 0 Å². The Morgan fingerprint density at radius 1 is 1.02 bits per heavy atom. The van der Waals surface area contributed by atoms with Gasteiger partial charge in [-0.05, 0) is 55.6 Å². The average Bonchev–Trinajstić information content (AvgIpc) is 3.77. The average molecular weight is 577 g/mol. The van der Waals surface area contributed by atoms with Crippen molar-refractivity contribution in [1.29, 1.82) is 0 Å². The van der Waals surface area contributed by atoms with Crippen LogP contribution in [0.25, 0.3) is 21.3 Å². The quantitative estimate of drug-likeness (QED) is 0.203. The number of rotatable bonds is 10. The van der Waals surface area contributed by atoms with E-state index >= 15 is 0 Å². The second kappa shape index (κ2) is 16.3. The Morgan fingerprint density at radius 2 is 1.73 bits per heavy atom. The number of anilines is 1. The van der Waals surface area contributed by atoms with E-state index in [2.05, 4.69) is 20.9 Å². The molecule has 7 nitrogen and oxygen atoms in total. The van der Waals surface area contributed by atoms with E-state index in [1.165, 1.54) is 30.2 Å². The molecule has 1 fully saturated rings. The van der Waals surface area contributed by atoms with Crippen molar-refractivity contribution in [2.75, 3.05) is 18.9 Å². The number of aryl methyl sites for hydroxylation is 1. The summed E-state index contributed by atoms with van der Waals surface area (Å²) in [4.78, 5) is 38.8. The maximum absolute atomic E-state index is 14.8. The minimum atomic E-state index is -0.422. The Bertz CT molecular complexity index is 1420. The number of carbonyl (C=O) groups excluding carboxylic acids is 3. The molecule has 0 atom stereocenters. The van der Waals surface area contributed by atoms with Gasteiger partial charge in [0.05, 0.1) is 23.2 Å². The van der Waals surface area contributed by atoms with Crippen molar-refractivity contribution in [1.82, 2.24) is 15.6 Å². The highest BCUT2D eigenvalue weighted by Gasteiger charge is 2.17. The zero-order valence-corrected chi connectivity index (χ0v) is 24.5. The summed E-state index contributed by atoms with van der Waals surface area (Å²) in [6.07, 6.45) is 4.47. The molecule has 1 heterocycles. The van der Waals surface area contributed by atoms with Crippen molar-refractivity contribution in [3.63, 3.8) is 0 Å². The van der Waals surface area contributed by atoms with Crippen LogP contribution in [0.15, 0.2) is 66.7 Å². The van der Waals surface area contributed by atoms with Crippen LogP contribution in [0.1, 0.15) is 43.7 Å². The third-order valence-corrected chi connectivity index (χ3v) is 7.18. The summed E-state index contributed by atoms with van der Waals surface area (Å²) in [6.45, 7) is 3.95. The standard InChI is InChI=1S/C26H22FN3O3S.C4H9N.C2H6/c27-21-15-22-23(34-26(30-22)16-25(33)28-12-13-31)14-20(21)18-7-9-19(10-8-18)29-24(32)11-6-17-4-2-1-3-5-17;1-5-4-2-3-4;1-2/h1-5,7-10,13-15H,6,11-12,16H2,(H,28,33)(H,29,32);4-5H,2-3H2,1H3;1-2H3. The van der Waals surface area contributed by atoms with Crippen LogP contribution in [0, 0.1) is 5.82 Å². The lowest BCUT2D eigenvalue weighted by Gasteiger charge is -2.08. The molecule has 216 valence electrons. The van der Waals surface area contributed by atoms with Crippen molar-refractivity contribution in [2.45, 2.75) is 52.0 Å². The van der Waals surface area contributed by atoms with E-state index in [4.69, 9.17) is 0 Å². The predicted molar refractivity (Wildman–Crippen MR) is 165 cm³/mol. The van der Waals surface area contributed by atoms with Gasteiger partial charge in [-0.15, -0.1) is 11.3 Å². The zero-order chi connectivity index (χ0) is 29.6. The molecule has 1 aromatic heterocycles. The number of hydrogen-bond acceptors (Lipinski definition) is 6. The fourth-order valence-electron chi connectivity index (χ4n) is 3.88. The number of benzene rings is 3. The number of aromatic nitrogens is 1. The second-order valence-electron chi connectivity index (χ2n) is 9.23. The van der Waals surface area contributed by atoms with Crippen LogP contribution in [0.5, 0.6) is 0 Å². The molecule has 0 saturated heterocycles. The van der Waals surface area contributed by atoms with E-state index in [1.54, 1.807) is 30.3 Å². The Balaban J connectivity index is 0.000000586. The van der Waals surface area contributed by atoms with Crippen molar-refractivity contribution in [2.24, 2.45) is 0 Å². The first-order valence-electron chi connectivity index (χ1n) is 13.9. The summed E-state index contributed by atoms with van der Waals surface area (Å²) < 4.78 is 15.5. The van der Waals surface area contributed by atoms with Crippen molar-refractivity contribution in [3.8, 4) is 11.1 Å². The molecule has 1 saturated carbocycles. The smallest absolute Gasteiger partial charge is 0.227 e. The first-order valence-corrected chi connectivity index (χ1v) is 14.7. The summed E-state index contributed by atoms with van der Waals surface area (Å²) in [6, 6.07) is 20.8. The molecule has 2 amide bonds. The Hall–Kier alpha value is -3.95. The number of nitrogens with zero attached hydrogens (tertiary/aromatic N) is 1. The van der Waals surface area contributed by atoms with Crippen LogP contribution in [0.2, 0.25) is 0 Å². The lowest BCUT2D eigenvalue weighted by Crippen LogP contribution is -2.26. The van der Waals surface area contributed by atoms with Crippen molar-refractivity contribution < 1.29 is 18.8 Å². The topological polar surface area (TPSA) is 100 Å². The summed E-state index contributed by atoms with van der Waals surface area (Å²) in [5, 5.41) is 9.02. The summed E-state index contributed by atoms with van der Waals surface area (Å²) in [5.74, 6) is -0.818. The Morgan fingerprint density at radius 3 is 2.34 bits per heavy atom. The highest BCUT2D eigenvalue weighted by molar-refractivity contribution is 7.18. The minimum absolute atomic E-state index is 0.0306. The largest absolute Gasteiger partial charge is 0.349 e. The van der Waals surface area contributed by atoms with E-state index < -0.39 is 5.82 Å². The van der Waals surface area contributed by atoms with Crippen LogP contribution in [-0.4, -0.2) is 42.7 Å². The molecule has 9 heteroatoms. The number of nitrogens with one attached hydrogen (secondary N) is 3. The fourth-order valence-corrected chi connectivity index (χ4v) is 4.87. The van der Waals surface area contributed by atoms with Crippen molar-refractivity contribution in [3.05, 3.63) is 83.1 Å². The number of halogens is 1. The molecule has 3 aromatic carbocycles. The van der Waals surface area contributed by atoms with Gasteiger partial charge in [0.2, 0.25) is 11.8 Å². The number of carbonyl (C=O) groups is 3. The molecule has 0 bridgehead atoms. The molecule has 0 spiro atoms. The second-order valence-corrected chi connectivity index (χ2v) is 10.3. The number of aldehydes is 1. The van der Waals surface area contributed by atoms with Gasteiger partial charge in [0.15, 0.2) is 0 Å². The van der Waals surface area contributed by atoms with E-state index in [-0.39, 0.29) is 24.8 Å². The highest BCUT2D eigenvalue weighted by atomic mass is 32.1. The summed E-state index contributed by atoms with van der Waals surface area (Å²) >= 11 is 1.31. The van der Waals surface area contributed by atoms with Crippen LogP contribution in [0.4, 0.5) is 10.1 Å². The van der Waals surface area contributed by atoms with E-state index in [9.17, 15) is 18.8 Å². The van der Waals surface area contributed by atoms with Gasteiger partial charge >= 0.3 is 0 Å². The molecule has 1 aliphatic rings. The molecule has 3 N–H and O–H groups in total.